The Morgan fingerprint density at radius 2 is 1.73 bits per heavy atom. The van der Waals surface area contributed by atoms with Crippen LogP contribution in [0, 0.1) is 6.92 Å². The molecule has 0 saturated carbocycles. The Bertz CT molecular complexity index is 771. The van der Waals surface area contributed by atoms with Crippen LogP contribution < -0.4 is 10.1 Å². The minimum Gasteiger partial charge on any atom is -0.482 e. The molecular formula is C20H23ClN2O3. The fourth-order valence-corrected chi connectivity index (χ4v) is 2.62. The van der Waals surface area contributed by atoms with Crippen molar-refractivity contribution >= 4 is 29.1 Å². The second kappa shape index (κ2) is 9.25. The number of aryl methyl sites for hydroxylation is 1. The summed E-state index contributed by atoms with van der Waals surface area (Å²) in [6.07, 6.45) is 0. The normalized spacial score (nSPS) is 10.3. The molecule has 2 rings (SSSR count). The first-order chi connectivity index (χ1) is 12.4. The van der Waals surface area contributed by atoms with Gasteiger partial charge in [-0.1, -0.05) is 17.7 Å². The van der Waals surface area contributed by atoms with E-state index in [1.54, 1.807) is 41.3 Å². The number of nitrogens with zero attached hydrogens (tertiary/aromatic N) is 1. The van der Waals surface area contributed by atoms with Gasteiger partial charge in [-0.05, 0) is 62.7 Å². The minimum absolute atomic E-state index is 0.0229. The van der Waals surface area contributed by atoms with Crippen molar-refractivity contribution in [3.05, 3.63) is 58.6 Å². The van der Waals surface area contributed by atoms with E-state index in [2.05, 4.69) is 5.32 Å². The highest BCUT2D eigenvalue weighted by atomic mass is 35.5. The Morgan fingerprint density at radius 1 is 1.08 bits per heavy atom. The number of carbonyl (C=O) groups excluding carboxylic acids is 2. The molecule has 0 radical (unpaired) electrons. The molecule has 0 aliphatic rings. The number of nitrogens with one attached hydrogen (secondary N) is 1. The highest BCUT2D eigenvalue weighted by Crippen LogP contribution is 2.25. The molecule has 0 unspecified atom stereocenters. The van der Waals surface area contributed by atoms with Gasteiger partial charge in [-0.25, -0.2) is 0 Å². The van der Waals surface area contributed by atoms with Gasteiger partial charge in [-0.2, -0.15) is 0 Å². The van der Waals surface area contributed by atoms with Crippen LogP contribution in [0.15, 0.2) is 42.5 Å². The minimum atomic E-state index is -0.301. The molecule has 0 fully saturated rings. The molecule has 2 aromatic rings. The average molecular weight is 375 g/mol. The number of hydrogen-bond donors (Lipinski definition) is 1. The van der Waals surface area contributed by atoms with Crippen LogP contribution in [-0.4, -0.2) is 36.4 Å². The van der Waals surface area contributed by atoms with Crippen LogP contribution in [0.5, 0.6) is 5.75 Å². The predicted molar refractivity (Wildman–Crippen MR) is 104 cm³/mol. The van der Waals surface area contributed by atoms with E-state index in [9.17, 15) is 9.59 Å². The highest BCUT2D eigenvalue weighted by molar-refractivity contribution is 6.32. The van der Waals surface area contributed by atoms with E-state index in [0.717, 1.165) is 5.56 Å². The first-order valence-corrected chi connectivity index (χ1v) is 8.90. The summed E-state index contributed by atoms with van der Waals surface area (Å²) < 4.78 is 5.47. The predicted octanol–water partition coefficient (Wildman–Crippen LogP) is 4.15. The molecule has 0 aromatic heterocycles. The van der Waals surface area contributed by atoms with Gasteiger partial charge in [0.25, 0.3) is 11.8 Å². The molecule has 6 heteroatoms. The SMILES string of the molecule is CCN(CC)C(=O)c1ccc(NC(=O)COc2cc(C)ccc2Cl)cc1. The third kappa shape index (κ3) is 5.23. The molecule has 0 saturated heterocycles. The summed E-state index contributed by atoms with van der Waals surface area (Å²) in [4.78, 5) is 26.1. The van der Waals surface area contributed by atoms with Crippen LogP contribution in [0.4, 0.5) is 5.69 Å². The number of carbonyl (C=O) groups is 2. The lowest BCUT2D eigenvalue weighted by atomic mass is 10.2. The molecule has 0 spiro atoms. The van der Waals surface area contributed by atoms with E-state index in [-0.39, 0.29) is 18.4 Å². The number of ether oxygens (including phenoxy) is 1. The third-order valence-electron chi connectivity index (χ3n) is 3.91. The van der Waals surface area contributed by atoms with Crippen molar-refractivity contribution in [2.24, 2.45) is 0 Å². The van der Waals surface area contributed by atoms with Gasteiger partial charge in [0.15, 0.2) is 6.61 Å². The first-order valence-electron chi connectivity index (χ1n) is 8.52. The van der Waals surface area contributed by atoms with Gasteiger partial charge >= 0.3 is 0 Å². The van der Waals surface area contributed by atoms with Crippen molar-refractivity contribution in [3.63, 3.8) is 0 Å². The quantitative estimate of drug-likeness (QED) is 0.792. The Balaban J connectivity index is 1.93. The lowest BCUT2D eigenvalue weighted by molar-refractivity contribution is -0.118. The molecule has 0 heterocycles. The summed E-state index contributed by atoms with van der Waals surface area (Å²) in [5.41, 5.74) is 2.19. The molecule has 2 aromatic carbocycles. The number of halogens is 1. The molecule has 0 atom stereocenters. The molecule has 0 aliphatic heterocycles. The number of hydrogen-bond acceptors (Lipinski definition) is 3. The smallest absolute Gasteiger partial charge is 0.262 e. The van der Waals surface area contributed by atoms with E-state index >= 15 is 0 Å². The van der Waals surface area contributed by atoms with Gasteiger partial charge in [-0.3, -0.25) is 9.59 Å². The van der Waals surface area contributed by atoms with Gasteiger partial charge in [0.2, 0.25) is 0 Å². The fraction of sp³-hybridized carbons (Fsp3) is 0.300. The molecule has 5 nitrogen and oxygen atoms in total. The zero-order valence-electron chi connectivity index (χ0n) is 15.2. The molecule has 0 bridgehead atoms. The van der Waals surface area contributed by atoms with Gasteiger partial charge in [0, 0.05) is 24.3 Å². The van der Waals surface area contributed by atoms with Crippen LogP contribution in [0.25, 0.3) is 0 Å². The highest BCUT2D eigenvalue weighted by Gasteiger charge is 2.12. The Morgan fingerprint density at radius 3 is 2.35 bits per heavy atom. The van der Waals surface area contributed by atoms with Crippen molar-refractivity contribution in [1.29, 1.82) is 0 Å². The first kappa shape index (κ1) is 19.8. The van der Waals surface area contributed by atoms with Gasteiger partial charge in [0.1, 0.15) is 5.75 Å². The second-order valence-corrected chi connectivity index (χ2v) is 6.23. The van der Waals surface area contributed by atoms with E-state index in [0.29, 0.717) is 35.1 Å². The van der Waals surface area contributed by atoms with E-state index in [1.807, 2.05) is 26.8 Å². The maximum Gasteiger partial charge on any atom is 0.262 e. The molecule has 138 valence electrons. The topological polar surface area (TPSA) is 58.6 Å². The summed E-state index contributed by atoms with van der Waals surface area (Å²) in [5.74, 6) is 0.151. The third-order valence-corrected chi connectivity index (χ3v) is 4.22. The maximum atomic E-state index is 12.3. The summed E-state index contributed by atoms with van der Waals surface area (Å²) in [6, 6.07) is 12.2. The number of benzene rings is 2. The van der Waals surface area contributed by atoms with E-state index in [4.69, 9.17) is 16.3 Å². The molecule has 0 aliphatic carbocycles. The van der Waals surface area contributed by atoms with Crippen LogP contribution in [0.2, 0.25) is 5.02 Å². The summed E-state index contributed by atoms with van der Waals surface area (Å²) >= 11 is 6.04. The second-order valence-electron chi connectivity index (χ2n) is 5.83. The number of rotatable bonds is 7. The van der Waals surface area contributed by atoms with Crippen molar-refractivity contribution in [1.82, 2.24) is 4.90 Å². The van der Waals surface area contributed by atoms with Crippen LogP contribution in [-0.2, 0) is 4.79 Å². The summed E-state index contributed by atoms with van der Waals surface area (Å²) in [5, 5.41) is 3.20. The molecule has 1 N–H and O–H groups in total. The molecule has 26 heavy (non-hydrogen) atoms. The average Bonchev–Trinajstić information content (AvgIpc) is 2.64. The fourth-order valence-electron chi connectivity index (χ4n) is 2.45. The Kier molecular flexibility index (Phi) is 7.04. The number of amides is 2. The van der Waals surface area contributed by atoms with Crippen molar-refractivity contribution in [3.8, 4) is 5.75 Å². The van der Waals surface area contributed by atoms with Crippen molar-refractivity contribution in [2.45, 2.75) is 20.8 Å². The lowest BCUT2D eigenvalue weighted by Gasteiger charge is -2.18. The summed E-state index contributed by atoms with van der Waals surface area (Å²) in [7, 11) is 0. The lowest BCUT2D eigenvalue weighted by Crippen LogP contribution is -2.30. The van der Waals surface area contributed by atoms with Crippen molar-refractivity contribution < 1.29 is 14.3 Å². The maximum absolute atomic E-state index is 12.3. The van der Waals surface area contributed by atoms with Crippen LogP contribution in [0.1, 0.15) is 29.8 Å². The molecular weight excluding hydrogens is 352 g/mol. The van der Waals surface area contributed by atoms with Gasteiger partial charge in [0.05, 0.1) is 5.02 Å². The monoisotopic (exact) mass is 374 g/mol. The molecule has 2 amide bonds. The van der Waals surface area contributed by atoms with E-state index in [1.165, 1.54) is 0 Å². The van der Waals surface area contributed by atoms with Crippen LogP contribution >= 0.6 is 11.6 Å². The van der Waals surface area contributed by atoms with Crippen LogP contribution in [0.3, 0.4) is 0 Å². The zero-order chi connectivity index (χ0) is 19.1. The number of anilines is 1. The zero-order valence-corrected chi connectivity index (χ0v) is 16.0. The van der Waals surface area contributed by atoms with Crippen molar-refractivity contribution in [2.75, 3.05) is 25.0 Å². The largest absolute Gasteiger partial charge is 0.482 e. The Labute approximate surface area is 158 Å². The standard InChI is InChI=1S/C20H23ClN2O3/c1-4-23(5-2)20(25)15-7-9-16(10-8-15)22-19(24)13-26-18-12-14(3)6-11-17(18)21/h6-12H,4-5,13H2,1-3H3,(H,22,24). The summed E-state index contributed by atoms with van der Waals surface area (Å²) in [6.45, 7) is 6.97. The van der Waals surface area contributed by atoms with Gasteiger partial charge in [-0.15, -0.1) is 0 Å². The Hall–Kier alpha value is -2.53. The van der Waals surface area contributed by atoms with E-state index < -0.39 is 0 Å². The van der Waals surface area contributed by atoms with Gasteiger partial charge < -0.3 is 15.0 Å².